The molecule has 1 aromatic rings. The Balaban J connectivity index is 2.88. The average molecular weight is 302 g/mol. The standard InChI is InChI=1S/C12H16ClN3O4/c1-2-3-16-6-7(13)4-9(16)11(18)15-8(12(19)20)5-10(14)17/h4,6,8H,2-3,5H2,1H3,(H2,14,17)(H,15,18)(H,19,20)/t8-/m0/s1. The number of nitrogens with one attached hydrogen (secondary N) is 1. The third-order valence-corrected chi connectivity index (χ3v) is 2.78. The van der Waals surface area contributed by atoms with Crippen LogP contribution in [0.25, 0.3) is 0 Å². The second kappa shape index (κ2) is 6.95. The number of hydrogen-bond donors (Lipinski definition) is 3. The van der Waals surface area contributed by atoms with Gasteiger partial charge in [-0.25, -0.2) is 4.79 Å². The van der Waals surface area contributed by atoms with Gasteiger partial charge in [0, 0.05) is 12.7 Å². The molecule has 110 valence electrons. The van der Waals surface area contributed by atoms with Crippen LogP contribution in [-0.4, -0.2) is 33.5 Å². The van der Waals surface area contributed by atoms with Gasteiger partial charge in [-0.15, -0.1) is 0 Å². The predicted octanol–water partition coefficient (Wildman–Crippen LogP) is 0.610. The molecule has 4 N–H and O–H groups in total. The maximum Gasteiger partial charge on any atom is 0.326 e. The summed E-state index contributed by atoms with van der Waals surface area (Å²) in [5.41, 5.74) is 5.19. The van der Waals surface area contributed by atoms with Gasteiger partial charge in [0.05, 0.1) is 11.4 Å². The molecule has 0 spiro atoms. The summed E-state index contributed by atoms with van der Waals surface area (Å²) in [6.45, 7) is 2.51. The lowest BCUT2D eigenvalue weighted by Gasteiger charge is -2.14. The van der Waals surface area contributed by atoms with Crippen molar-refractivity contribution in [2.45, 2.75) is 32.4 Å². The van der Waals surface area contributed by atoms with Gasteiger partial charge in [0.15, 0.2) is 0 Å². The van der Waals surface area contributed by atoms with E-state index in [0.29, 0.717) is 11.6 Å². The predicted molar refractivity (Wildman–Crippen MR) is 72.4 cm³/mol. The van der Waals surface area contributed by atoms with Crippen molar-refractivity contribution < 1.29 is 19.5 Å². The number of amides is 2. The zero-order valence-corrected chi connectivity index (χ0v) is 11.7. The highest BCUT2D eigenvalue weighted by Gasteiger charge is 2.24. The van der Waals surface area contributed by atoms with Gasteiger partial charge >= 0.3 is 5.97 Å². The Morgan fingerprint density at radius 1 is 1.50 bits per heavy atom. The minimum Gasteiger partial charge on any atom is -0.480 e. The number of rotatable bonds is 7. The highest BCUT2D eigenvalue weighted by Crippen LogP contribution is 2.15. The molecule has 0 fully saturated rings. The van der Waals surface area contributed by atoms with E-state index in [-0.39, 0.29) is 5.69 Å². The normalized spacial score (nSPS) is 11.9. The number of carboxylic acid groups (broad SMARTS) is 1. The van der Waals surface area contributed by atoms with Gasteiger partial charge in [-0.1, -0.05) is 18.5 Å². The summed E-state index contributed by atoms with van der Waals surface area (Å²) in [7, 11) is 0. The lowest BCUT2D eigenvalue weighted by Crippen LogP contribution is -2.43. The number of carbonyl (C=O) groups is 3. The number of aromatic nitrogens is 1. The first-order valence-corrected chi connectivity index (χ1v) is 6.40. The lowest BCUT2D eigenvalue weighted by atomic mass is 10.2. The van der Waals surface area contributed by atoms with Crippen LogP contribution in [0, 0.1) is 0 Å². The molecule has 0 aliphatic rings. The molecule has 1 aromatic heterocycles. The minimum absolute atomic E-state index is 0.243. The fraction of sp³-hybridized carbons (Fsp3) is 0.417. The van der Waals surface area contributed by atoms with E-state index < -0.39 is 30.2 Å². The van der Waals surface area contributed by atoms with E-state index in [2.05, 4.69) is 5.32 Å². The molecule has 0 saturated carbocycles. The molecular formula is C12H16ClN3O4. The Hall–Kier alpha value is -2.02. The van der Waals surface area contributed by atoms with Crippen molar-refractivity contribution in [2.75, 3.05) is 0 Å². The van der Waals surface area contributed by atoms with Gasteiger partial charge in [0.1, 0.15) is 11.7 Å². The summed E-state index contributed by atoms with van der Waals surface area (Å²) in [6, 6.07) is 0.0826. The van der Waals surface area contributed by atoms with Crippen LogP contribution in [0.2, 0.25) is 5.02 Å². The molecule has 0 bridgehead atoms. The molecule has 1 heterocycles. The summed E-state index contributed by atoms with van der Waals surface area (Å²) in [4.78, 5) is 33.8. The maximum atomic E-state index is 12.0. The minimum atomic E-state index is -1.36. The van der Waals surface area contributed by atoms with E-state index >= 15 is 0 Å². The summed E-state index contributed by atoms with van der Waals surface area (Å²) >= 11 is 5.84. The molecule has 8 heteroatoms. The Labute approximate surface area is 120 Å². The monoisotopic (exact) mass is 301 g/mol. The van der Waals surface area contributed by atoms with E-state index in [1.807, 2.05) is 6.92 Å². The van der Waals surface area contributed by atoms with Crippen molar-refractivity contribution in [1.82, 2.24) is 9.88 Å². The van der Waals surface area contributed by atoms with Crippen LogP contribution in [0.15, 0.2) is 12.3 Å². The first kappa shape index (κ1) is 16.0. The summed E-state index contributed by atoms with van der Waals surface area (Å²) in [5, 5.41) is 11.6. The van der Waals surface area contributed by atoms with Gasteiger partial charge in [0.25, 0.3) is 5.91 Å². The highest BCUT2D eigenvalue weighted by atomic mass is 35.5. The topological polar surface area (TPSA) is 114 Å². The number of nitrogens with two attached hydrogens (primary N) is 1. The smallest absolute Gasteiger partial charge is 0.326 e. The summed E-state index contributed by atoms with van der Waals surface area (Å²) in [5.74, 6) is -2.74. The summed E-state index contributed by atoms with van der Waals surface area (Å²) < 4.78 is 1.63. The molecule has 0 unspecified atom stereocenters. The molecule has 0 aromatic carbocycles. The zero-order chi connectivity index (χ0) is 15.3. The molecule has 7 nitrogen and oxygen atoms in total. The largest absolute Gasteiger partial charge is 0.480 e. The van der Waals surface area contributed by atoms with E-state index in [4.69, 9.17) is 22.4 Å². The van der Waals surface area contributed by atoms with Crippen molar-refractivity contribution in [1.29, 1.82) is 0 Å². The third-order valence-electron chi connectivity index (χ3n) is 2.57. The molecular weight excluding hydrogens is 286 g/mol. The van der Waals surface area contributed by atoms with Gasteiger partial charge in [0.2, 0.25) is 5.91 Å². The number of primary amides is 1. The van der Waals surface area contributed by atoms with Crippen molar-refractivity contribution in [2.24, 2.45) is 5.73 Å². The third kappa shape index (κ3) is 4.27. The Bertz CT molecular complexity index is 527. The van der Waals surface area contributed by atoms with Gasteiger partial charge in [-0.2, -0.15) is 0 Å². The molecule has 2 amide bonds. The first-order chi connectivity index (χ1) is 9.35. The van der Waals surface area contributed by atoms with Gasteiger partial charge in [-0.3, -0.25) is 9.59 Å². The second-order valence-electron chi connectivity index (χ2n) is 4.27. The maximum absolute atomic E-state index is 12.0. The number of hydrogen-bond acceptors (Lipinski definition) is 3. The number of carboxylic acids is 1. The number of aryl methyl sites for hydroxylation is 1. The fourth-order valence-corrected chi connectivity index (χ4v) is 1.95. The van der Waals surface area contributed by atoms with E-state index in [0.717, 1.165) is 6.42 Å². The fourth-order valence-electron chi connectivity index (χ4n) is 1.72. The highest BCUT2D eigenvalue weighted by molar-refractivity contribution is 6.31. The average Bonchev–Trinajstić information content (AvgIpc) is 2.69. The van der Waals surface area contributed by atoms with Gasteiger partial charge in [-0.05, 0) is 12.5 Å². The molecule has 0 aliphatic heterocycles. The van der Waals surface area contributed by atoms with Crippen LogP contribution < -0.4 is 11.1 Å². The van der Waals surface area contributed by atoms with E-state index in [9.17, 15) is 14.4 Å². The SMILES string of the molecule is CCCn1cc(Cl)cc1C(=O)N[C@@H](CC(N)=O)C(=O)O. The van der Waals surface area contributed by atoms with Crippen LogP contribution in [-0.2, 0) is 16.1 Å². The van der Waals surface area contributed by atoms with Crippen molar-refractivity contribution in [3.8, 4) is 0 Å². The molecule has 0 radical (unpaired) electrons. The van der Waals surface area contributed by atoms with E-state index in [1.54, 1.807) is 10.8 Å². The first-order valence-electron chi connectivity index (χ1n) is 6.02. The van der Waals surface area contributed by atoms with Crippen LogP contribution >= 0.6 is 11.6 Å². The molecule has 1 atom stereocenters. The quantitative estimate of drug-likeness (QED) is 0.684. The van der Waals surface area contributed by atoms with Crippen molar-refractivity contribution >= 4 is 29.4 Å². The van der Waals surface area contributed by atoms with Crippen LogP contribution in [0.3, 0.4) is 0 Å². The van der Waals surface area contributed by atoms with Crippen molar-refractivity contribution in [3.63, 3.8) is 0 Å². The Morgan fingerprint density at radius 3 is 2.65 bits per heavy atom. The van der Waals surface area contributed by atoms with Crippen LogP contribution in [0.1, 0.15) is 30.3 Å². The number of carbonyl (C=O) groups excluding carboxylic acids is 2. The van der Waals surface area contributed by atoms with Crippen molar-refractivity contribution in [3.05, 3.63) is 23.0 Å². The Morgan fingerprint density at radius 2 is 2.15 bits per heavy atom. The molecule has 1 rings (SSSR count). The van der Waals surface area contributed by atoms with Crippen LogP contribution in [0.4, 0.5) is 0 Å². The molecule has 20 heavy (non-hydrogen) atoms. The molecule has 0 saturated heterocycles. The number of halogens is 1. The summed E-state index contributed by atoms with van der Waals surface area (Å²) in [6.07, 6.45) is 1.90. The van der Waals surface area contributed by atoms with Crippen LogP contribution in [0.5, 0.6) is 0 Å². The number of nitrogens with zero attached hydrogens (tertiary/aromatic N) is 1. The number of aliphatic carboxylic acids is 1. The molecule has 0 aliphatic carbocycles. The lowest BCUT2D eigenvalue weighted by molar-refractivity contribution is -0.140. The van der Waals surface area contributed by atoms with E-state index in [1.165, 1.54) is 6.07 Å². The van der Waals surface area contributed by atoms with Gasteiger partial charge < -0.3 is 20.7 Å². The second-order valence-corrected chi connectivity index (χ2v) is 4.71. The Kier molecular flexibility index (Phi) is 5.57. The zero-order valence-electron chi connectivity index (χ0n) is 10.9.